The van der Waals surface area contributed by atoms with Crippen LogP contribution in [0.25, 0.3) is 0 Å². The SMILES string of the molecule is CC(C)(O)C#Cc1ccc(C(=O)NCCCc2csc(N)n2)o1. The number of nitrogen functional groups attached to an aromatic ring is 1. The van der Waals surface area contributed by atoms with E-state index >= 15 is 0 Å². The maximum Gasteiger partial charge on any atom is 0.287 e. The van der Waals surface area contributed by atoms with E-state index in [1.54, 1.807) is 26.0 Å². The third kappa shape index (κ3) is 5.77. The molecular formula is C16H19N3O3S. The van der Waals surface area contributed by atoms with E-state index in [1.165, 1.54) is 11.3 Å². The second-order valence-electron chi connectivity index (χ2n) is 5.51. The Labute approximate surface area is 138 Å². The van der Waals surface area contributed by atoms with Gasteiger partial charge in [0, 0.05) is 11.9 Å². The lowest BCUT2D eigenvalue weighted by Gasteiger charge is -2.05. The Morgan fingerprint density at radius 3 is 2.96 bits per heavy atom. The number of anilines is 1. The van der Waals surface area contributed by atoms with Crippen LogP contribution < -0.4 is 11.1 Å². The molecule has 0 bridgehead atoms. The number of amides is 1. The van der Waals surface area contributed by atoms with Gasteiger partial charge in [-0.05, 0) is 44.7 Å². The van der Waals surface area contributed by atoms with Crippen LogP contribution in [-0.4, -0.2) is 28.1 Å². The zero-order valence-electron chi connectivity index (χ0n) is 13.0. The number of rotatable bonds is 5. The van der Waals surface area contributed by atoms with Gasteiger partial charge in [-0.25, -0.2) is 4.98 Å². The maximum absolute atomic E-state index is 11.9. The highest BCUT2D eigenvalue weighted by Gasteiger charge is 2.11. The summed E-state index contributed by atoms with van der Waals surface area (Å²) in [4.78, 5) is 16.1. The molecule has 7 heteroatoms. The fourth-order valence-electron chi connectivity index (χ4n) is 1.74. The summed E-state index contributed by atoms with van der Waals surface area (Å²) in [5.41, 5.74) is 5.39. The minimum absolute atomic E-state index is 0.197. The van der Waals surface area contributed by atoms with Gasteiger partial charge < -0.3 is 20.6 Å². The molecule has 0 aliphatic rings. The van der Waals surface area contributed by atoms with Crippen molar-refractivity contribution in [3.8, 4) is 11.8 Å². The molecule has 0 saturated carbocycles. The normalized spacial score (nSPS) is 10.9. The summed E-state index contributed by atoms with van der Waals surface area (Å²) in [6, 6.07) is 3.16. The van der Waals surface area contributed by atoms with Gasteiger partial charge in [0.25, 0.3) is 5.91 Å². The monoisotopic (exact) mass is 333 g/mol. The first-order valence-electron chi connectivity index (χ1n) is 7.17. The van der Waals surface area contributed by atoms with Crippen LogP contribution >= 0.6 is 11.3 Å². The number of carbonyl (C=O) groups is 1. The van der Waals surface area contributed by atoms with E-state index in [4.69, 9.17) is 10.2 Å². The minimum atomic E-state index is -1.10. The van der Waals surface area contributed by atoms with E-state index in [1.807, 2.05) is 5.38 Å². The Bertz CT molecular complexity index is 732. The molecule has 4 N–H and O–H groups in total. The summed E-state index contributed by atoms with van der Waals surface area (Å²) >= 11 is 1.41. The number of furan rings is 1. The molecule has 0 atom stereocenters. The Hall–Kier alpha value is -2.30. The topological polar surface area (TPSA) is 101 Å². The molecule has 6 nitrogen and oxygen atoms in total. The van der Waals surface area contributed by atoms with E-state index < -0.39 is 5.60 Å². The van der Waals surface area contributed by atoms with Crippen molar-refractivity contribution in [1.82, 2.24) is 10.3 Å². The molecule has 0 unspecified atom stereocenters. The Morgan fingerprint density at radius 2 is 2.30 bits per heavy atom. The van der Waals surface area contributed by atoms with E-state index in [0.29, 0.717) is 17.4 Å². The van der Waals surface area contributed by atoms with Crippen molar-refractivity contribution in [3.63, 3.8) is 0 Å². The van der Waals surface area contributed by atoms with Crippen LogP contribution in [0, 0.1) is 11.8 Å². The predicted molar refractivity (Wildman–Crippen MR) is 89.1 cm³/mol. The van der Waals surface area contributed by atoms with Gasteiger partial charge in [-0.2, -0.15) is 0 Å². The first kappa shape index (κ1) is 17.1. The highest BCUT2D eigenvalue weighted by molar-refractivity contribution is 7.13. The van der Waals surface area contributed by atoms with Crippen molar-refractivity contribution in [3.05, 3.63) is 34.7 Å². The van der Waals surface area contributed by atoms with Crippen molar-refractivity contribution in [2.75, 3.05) is 12.3 Å². The average molecular weight is 333 g/mol. The molecule has 23 heavy (non-hydrogen) atoms. The molecule has 0 aromatic carbocycles. The first-order chi connectivity index (χ1) is 10.8. The maximum atomic E-state index is 11.9. The fourth-order valence-corrected chi connectivity index (χ4v) is 2.33. The molecule has 2 aromatic heterocycles. The highest BCUT2D eigenvalue weighted by Crippen LogP contribution is 2.12. The lowest BCUT2D eigenvalue weighted by Crippen LogP contribution is -2.24. The van der Waals surface area contributed by atoms with E-state index in [0.717, 1.165) is 18.5 Å². The summed E-state index contributed by atoms with van der Waals surface area (Å²) in [7, 11) is 0. The Kier molecular flexibility index (Phi) is 5.42. The van der Waals surface area contributed by atoms with Crippen LogP contribution in [0.5, 0.6) is 0 Å². The molecule has 2 heterocycles. The van der Waals surface area contributed by atoms with Crippen LogP contribution in [0.3, 0.4) is 0 Å². The van der Waals surface area contributed by atoms with Gasteiger partial charge in [-0.15, -0.1) is 11.3 Å². The average Bonchev–Trinajstić information content (AvgIpc) is 3.09. The summed E-state index contributed by atoms with van der Waals surface area (Å²) in [6.45, 7) is 3.67. The number of carbonyl (C=O) groups excluding carboxylic acids is 1. The third-order valence-electron chi connectivity index (χ3n) is 2.79. The second kappa shape index (κ2) is 7.31. The number of aromatic nitrogens is 1. The van der Waals surface area contributed by atoms with Crippen LogP contribution in [0.2, 0.25) is 0 Å². The van der Waals surface area contributed by atoms with Gasteiger partial charge in [0.2, 0.25) is 0 Å². The fraction of sp³-hybridized carbons (Fsp3) is 0.375. The summed E-state index contributed by atoms with van der Waals surface area (Å²) in [6.07, 6.45) is 1.52. The summed E-state index contributed by atoms with van der Waals surface area (Å²) < 4.78 is 5.34. The molecule has 0 radical (unpaired) electrons. The van der Waals surface area contributed by atoms with Gasteiger partial charge in [0.1, 0.15) is 5.60 Å². The smallest absolute Gasteiger partial charge is 0.287 e. The number of aliphatic hydroxyl groups is 1. The van der Waals surface area contributed by atoms with E-state index in [-0.39, 0.29) is 11.7 Å². The second-order valence-corrected chi connectivity index (χ2v) is 6.40. The zero-order valence-corrected chi connectivity index (χ0v) is 13.9. The van der Waals surface area contributed by atoms with Crippen LogP contribution in [0.4, 0.5) is 5.13 Å². The lowest BCUT2D eigenvalue weighted by molar-refractivity contribution is 0.0925. The van der Waals surface area contributed by atoms with Crippen LogP contribution in [-0.2, 0) is 6.42 Å². The number of nitrogens with zero attached hydrogens (tertiary/aromatic N) is 1. The summed E-state index contributed by atoms with van der Waals surface area (Å²) in [5, 5.41) is 14.8. The van der Waals surface area contributed by atoms with Crippen molar-refractivity contribution in [2.45, 2.75) is 32.3 Å². The molecular weight excluding hydrogens is 314 g/mol. The molecule has 0 spiro atoms. The number of thiazole rings is 1. The predicted octanol–water partition coefficient (Wildman–Crippen LogP) is 1.80. The van der Waals surface area contributed by atoms with Crippen molar-refractivity contribution < 1.29 is 14.3 Å². The van der Waals surface area contributed by atoms with Gasteiger partial charge in [0.05, 0.1) is 5.69 Å². The third-order valence-corrected chi connectivity index (χ3v) is 3.51. The Morgan fingerprint density at radius 1 is 1.52 bits per heavy atom. The van der Waals surface area contributed by atoms with Crippen molar-refractivity contribution in [1.29, 1.82) is 0 Å². The van der Waals surface area contributed by atoms with Crippen LogP contribution in [0.1, 0.15) is 42.3 Å². The quantitative estimate of drug-likeness (QED) is 0.572. The molecule has 0 saturated heterocycles. The molecule has 0 aliphatic carbocycles. The number of nitrogens with two attached hydrogens (primary N) is 1. The van der Waals surface area contributed by atoms with Crippen molar-refractivity contribution >= 4 is 22.4 Å². The molecule has 0 aliphatic heterocycles. The molecule has 2 rings (SSSR count). The molecule has 0 fully saturated rings. The molecule has 1 amide bonds. The Balaban J connectivity index is 1.79. The van der Waals surface area contributed by atoms with Gasteiger partial charge in [0.15, 0.2) is 16.7 Å². The highest BCUT2D eigenvalue weighted by atomic mass is 32.1. The molecule has 122 valence electrons. The molecule has 2 aromatic rings. The van der Waals surface area contributed by atoms with E-state index in [9.17, 15) is 9.90 Å². The van der Waals surface area contributed by atoms with Crippen molar-refractivity contribution in [2.24, 2.45) is 0 Å². The van der Waals surface area contributed by atoms with Crippen LogP contribution in [0.15, 0.2) is 21.9 Å². The van der Waals surface area contributed by atoms with Gasteiger partial charge >= 0.3 is 0 Å². The van der Waals surface area contributed by atoms with Gasteiger partial charge in [-0.3, -0.25) is 4.79 Å². The number of hydrogen-bond donors (Lipinski definition) is 3. The lowest BCUT2D eigenvalue weighted by atomic mass is 10.1. The number of aryl methyl sites for hydroxylation is 1. The number of hydrogen-bond acceptors (Lipinski definition) is 6. The van der Waals surface area contributed by atoms with E-state index in [2.05, 4.69) is 22.1 Å². The minimum Gasteiger partial charge on any atom is -0.443 e. The number of nitrogens with one attached hydrogen (secondary N) is 1. The van der Waals surface area contributed by atoms with Gasteiger partial charge in [-0.1, -0.05) is 5.92 Å². The largest absolute Gasteiger partial charge is 0.443 e. The standard InChI is InChI=1S/C16H19N3O3S/c1-16(2,21)8-7-12-5-6-13(22-12)14(20)18-9-3-4-11-10-23-15(17)19-11/h5-6,10,21H,3-4,9H2,1-2H3,(H2,17,19)(H,18,20). The first-order valence-corrected chi connectivity index (χ1v) is 8.05. The summed E-state index contributed by atoms with van der Waals surface area (Å²) in [5.74, 6) is 5.56. The zero-order chi connectivity index (χ0) is 16.9.